The number of ether oxygens (including phenoxy) is 1. The van der Waals surface area contributed by atoms with Gasteiger partial charge in [0.2, 0.25) is 0 Å². The number of H-pyrrole nitrogens is 1. The number of esters is 1. The average Bonchev–Trinajstić information content (AvgIpc) is 2.41. The molecule has 0 aliphatic heterocycles. The molecule has 98 valence electrons. The summed E-state index contributed by atoms with van der Waals surface area (Å²) in [6, 6.07) is 6.36. The molecule has 0 bridgehead atoms. The maximum Gasteiger partial charge on any atom is 0.343 e. The van der Waals surface area contributed by atoms with E-state index in [1.807, 2.05) is 0 Å². The predicted molar refractivity (Wildman–Crippen MR) is 73.9 cm³/mol. The molecule has 6 heteroatoms. The highest BCUT2D eigenvalue weighted by molar-refractivity contribution is 6.35. The lowest BCUT2D eigenvalue weighted by Gasteiger charge is -2.06. The minimum absolute atomic E-state index is 0.0870. The van der Waals surface area contributed by atoms with Crippen LogP contribution >= 0.6 is 23.2 Å². The van der Waals surface area contributed by atoms with E-state index in [1.54, 1.807) is 18.2 Å². The van der Waals surface area contributed by atoms with Crippen LogP contribution in [0, 0.1) is 0 Å². The summed E-state index contributed by atoms with van der Waals surface area (Å²) in [6.45, 7) is 0. The van der Waals surface area contributed by atoms with Crippen molar-refractivity contribution in [2.24, 2.45) is 0 Å². The lowest BCUT2D eigenvalue weighted by Crippen LogP contribution is -2.18. The van der Waals surface area contributed by atoms with Crippen LogP contribution < -0.4 is 5.56 Å². The van der Waals surface area contributed by atoms with Gasteiger partial charge in [-0.2, -0.15) is 0 Å². The van der Waals surface area contributed by atoms with Crippen LogP contribution in [-0.4, -0.2) is 18.1 Å². The summed E-state index contributed by atoms with van der Waals surface area (Å²) >= 11 is 12.0. The van der Waals surface area contributed by atoms with Gasteiger partial charge in [-0.25, -0.2) is 4.79 Å². The van der Waals surface area contributed by atoms with E-state index in [9.17, 15) is 9.59 Å². The maximum absolute atomic E-state index is 11.5. The van der Waals surface area contributed by atoms with Crippen molar-refractivity contribution < 1.29 is 9.53 Å². The first-order chi connectivity index (χ1) is 9.02. The first-order valence-electron chi connectivity index (χ1n) is 5.29. The molecule has 2 aromatic rings. The summed E-state index contributed by atoms with van der Waals surface area (Å²) in [4.78, 5) is 25.5. The summed E-state index contributed by atoms with van der Waals surface area (Å²) in [5.74, 6) is -0.707. The monoisotopic (exact) mass is 297 g/mol. The first-order valence-corrected chi connectivity index (χ1v) is 6.05. The number of hydrogen-bond donors (Lipinski definition) is 1. The van der Waals surface area contributed by atoms with Gasteiger partial charge in [-0.05, 0) is 24.3 Å². The SMILES string of the molecule is COC(=O)c1cc(-c2cc(Cl)ccc2Cl)c[nH]c1=O. The van der Waals surface area contributed by atoms with Crippen LogP contribution in [0.5, 0.6) is 0 Å². The van der Waals surface area contributed by atoms with Crippen molar-refractivity contribution >= 4 is 29.2 Å². The van der Waals surface area contributed by atoms with Crippen LogP contribution in [0.25, 0.3) is 11.1 Å². The number of halogens is 2. The number of rotatable bonds is 2. The number of aromatic amines is 1. The molecule has 0 radical (unpaired) electrons. The van der Waals surface area contributed by atoms with Gasteiger partial charge >= 0.3 is 5.97 Å². The first kappa shape index (κ1) is 13.6. The Balaban J connectivity index is 2.61. The lowest BCUT2D eigenvalue weighted by molar-refractivity contribution is 0.0598. The summed E-state index contributed by atoms with van der Waals surface area (Å²) in [6.07, 6.45) is 1.46. The van der Waals surface area contributed by atoms with Crippen LogP contribution in [0.4, 0.5) is 0 Å². The topological polar surface area (TPSA) is 59.2 Å². The molecule has 19 heavy (non-hydrogen) atoms. The van der Waals surface area contributed by atoms with E-state index >= 15 is 0 Å². The molecule has 0 aliphatic carbocycles. The van der Waals surface area contributed by atoms with E-state index in [4.69, 9.17) is 23.2 Å². The molecular weight excluding hydrogens is 289 g/mol. The summed E-state index contributed by atoms with van der Waals surface area (Å²) in [7, 11) is 1.21. The zero-order chi connectivity index (χ0) is 14.0. The number of aromatic nitrogens is 1. The minimum Gasteiger partial charge on any atom is -0.465 e. The van der Waals surface area contributed by atoms with E-state index in [0.29, 0.717) is 21.2 Å². The molecule has 0 saturated heterocycles. The number of hydrogen-bond acceptors (Lipinski definition) is 3. The zero-order valence-electron chi connectivity index (χ0n) is 9.87. The number of benzene rings is 1. The molecule has 1 aromatic carbocycles. The van der Waals surface area contributed by atoms with Crippen molar-refractivity contribution in [3.8, 4) is 11.1 Å². The van der Waals surface area contributed by atoms with Crippen LogP contribution in [0.2, 0.25) is 10.0 Å². The number of methoxy groups -OCH3 is 1. The Morgan fingerprint density at radius 2 is 2.00 bits per heavy atom. The molecular formula is C13H9Cl2NO3. The van der Waals surface area contributed by atoms with E-state index in [2.05, 4.69) is 9.72 Å². The van der Waals surface area contributed by atoms with Crippen molar-refractivity contribution in [3.63, 3.8) is 0 Å². The highest BCUT2D eigenvalue weighted by Crippen LogP contribution is 2.30. The summed E-state index contributed by atoms with van der Waals surface area (Å²) < 4.78 is 4.54. The minimum atomic E-state index is -0.707. The van der Waals surface area contributed by atoms with Gasteiger partial charge in [0, 0.05) is 27.4 Å². The Kier molecular flexibility index (Phi) is 3.93. The van der Waals surface area contributed by atoms with E-state index in [-0.39, 0.29) is 5.56 Å². The maximum atomic E-state index is 11.5. The molecule has 0 fully saturated rings. The van der Waals surface area contributed by atoms with Gasteiger partial charge in [-0.1, -0.05) is 23.2 Å². The number of nitrogens with one attached hydrogen (secondary N) is 1. The molecule has 0 atom stereocenters. The fourth-order valence-corrected chi connectivity index (χ4v) is 2.02. The Labute approximate surface area is 118 Å². The van der Waals surface area contributed by atoms with Gasteiger partial charge in [-0.15, -0.1) is 0 Å². The van der Waals surface area contributed by atoms with Crippen LogP contribution in [-0.2, 0) is 4.74 Å². The average molecular weight is 298 g/mol. The van der Waals surface area contributed by atoms with Gasteiger partial charge in [0.1, 0.15) is 5.56 Å². The van der Waals surface area contributed by atoms with Gasteiger partial charge < -0.3 is 9.72 Å². The fraction of sp³-hybridized carbons (Fsp3) is 0.0769. The van der Waals surface area contributed by atoms with Crippen molar-refractivity contribution in [3.05, 3.63) is 56.4 Å². The zero-order valence-corrected chi connectivity index (χ0v) is 11.4. The summed E-state index contributed by atoms with van der Waals surface area (Å²) in [5.41, 5.74) is 0.591. The van der Waals surface area contributed by atoms with Crippen molar-refractivity contribution in [1.29, 1.82) is 0 Å². The molecule has 0 spiro atoms. The van der Waals surface area contributed by atoms with Gasteiger partial charge in [-0.3, -0.25) is 4.79 Å². The molecule has 1 N–H and O–H groups in total. The predicted octanol–water partition coefficient (Wildman–Crippen LogP) is 3.14. The second kappa shape index (κ2) is 5.47. The molecule has 0 amide bonds. The third-order valence-corrected chi connectivity index (χ3v) is 3.11. The molecule has 2 rings (SSSR count). The van der Waals surface area contributed by atoms with E-state index < -0.39 is 11.5 Å². The molecule has 0 saturated carbocycles. The van der Waals surface area contributed by atoms with Gasteiger partial charge in [0.05, 0.1) is 7.11 Å². The Morgan fingerprint density at radius 1 is 1.26 bits per heavy atom. The van der Waals surface area contributed by atoms with E-state index in [1.165, 1.54) is 19.4 Å². The Bertz CT molecular complexity index is 695. The Morgan fingerprint density at radius 3 is 2.68 bits per heavy atom. The molecule has 4 nitrogen and oxygen atoms in total. The van der Waals surface area contributed by atoms with Crippen molar-refractivity contribution in [2.45, 2.75) is 0 Å². The second-order valence-electron chi connectivity index (χ2n) is 3.75. The summed E-state index contributed by atoms with van der Waals surface area (Å²) in [5, 5.41) is 0.970. The Hall–Kier alpha value is -1.78. The second-order valence-corrected chi connectivity index (χ2v) is 4.59. The molecule has 1 heterocycles. The van der Waals surface area contributed by atoms with Crippen LogP contribution in [0.3, 0.4) is 0 Å². The van der Waals surface area contributed by atoms with Gasteiger partial charge in [0.25, 0.3) is 5.56 Å². The highest BCUT2D eigenvalue weighted by Gasteiger charge is 2.13. The van der Waals surface area contributed by atoms with Gasteiger partial charge in [0.15, 0.2) is 0 Å². The number of carbonyl (C=O) groups excluding carboxylic acids is 1. The van der Waals surface area contributed by atoms with Crippen molar-refractivity contribution in [2.75, 3.05) is 7.11 Å². The molecule has 0 aliphatic rings. The van der Waals surface area contributed by atoms with E-state index in [0.717, 1.165) is 0 Å². The largest absolute Gasteiger partial charge is 0.465 e. The smallest absolute Gasteiger partial charge is 0.343 e. The molecule has 1 aromatic heterocycles. The highest BCUT2D eigenvalue weighted by atomic mass is 35.5. The van der Waals surface area contributed by atoms with Crippen molar-refractivity contribution in [1.82, 2.24) is 4.98 Å². The molecule has 0 unspecified atom stereocenters. The van der Waals surface area contributed by atoms with Crippen LogP contribution in [0.1, 0.15) is 10.4 Å². The third kappa shape index (κ3) is 2.80. The third-order valence-electron chi connectivity index (χ3n) is 2.55. The number of pyridine rings is 1. The van der Waals surface area contributed by atoms with Crippen LogP contribution in [0.15, 0.2) is 35.3 Å². The quantitative estimate of drug-likeness (QED) is 0.866. The lowest BCUT2D eigenvalue weighted by atomic mass is 10.1. The standard InChI is InChI=1S/C13H9Cl2NO3/c1-19-13(18)10-4-7(6-16-12(10)17)9-5-8(14)2-3-11(9)15/h2-6H,1H3,(H,16,17). The number of carbonyl (C=O) groups is 1. The fourth-order valence-electron chi connectivity index (χ4n) is 1.62. The normalized spacial score (nSPS) is 10.3.